The van der Waals surface area contributed by atoms with Gasteiger partial charge in [-0.25, -0.2) is 0 Å². The Kier molecular flexibility index (Phi) is 3.07. The maximum atomic E-state index is 11.3. The van der Waals surface area contributed by atoms with Gasteiger partial charge in [0.05, 0.1) is 13.0 Å². The number of esters is 1. The molecule has 0 spiro atoms. The molecule has 0 bridgehead atoms. The van der Waals surface area contributed by atoms with Gasteiger partial charge >= 0.3 is 5.97 Å². The van der Waals surface area contributed by atoms with Gasteiger partial charge in [-0.2, -0.15) is 0 Å². The van der Waals surface area contributed by atoms with Crippen LogP contribution in [0.15, 0.2) is 0 Å². The number of ether oxygens (including phenoxy) is 1. The van der Waals surface area contributed by atoms with Gasteiger partial charge in [0.25, 0.3) is 0 Å². The Balaban J connectivity index is 2.71. The minimum absolute atomic E-state index is 0.109. The second-order valence-corrected chi connectivity index (χ2v) is 3.92. The minimum atomic E-state index is -0.232. The van der Waals surface area contributed by atoms with E-state index in [0.29, 0.717) is 5.92 Å². The smallest absolute Gasteiger partial charge is 0.309 e. The molecule has 1 aliphatic carbocycles. The highest BCUT2D eigenvalue weighted by molar-refractivity contribution is 5.85. The lowest BCUT2D eigenvalue weighted by atomic mass is 9.93. The molecule has 1 saturated carbocycles. The van der Waals surface area contributed by atoms with Gasteiger partial charge < -0.3 is 4.74 Å². The van der Waals surface area contributed by atoms with Crippen molar-refractivity contribution in [1.82, 2.24) is 0 Å². The number of Topliss-reactive ketones (excluding diaryl/α,β-unsaturated/α-hetero) is 1. The van der Waals surface area contributed by atoms with Crippen molar-refractivity contribution in [3.63, 3.8) is 0 Å². The molecule has 13 heavy (non-hydrogen) atoms. The first-order chi connectivity index (χ1) is 6.06. The van der Waals surface area contributed by atoms with Crippen LogP contribution >= 0.6 is 0 Å². The fourth-order valence-corrected chi connectivity index (χ4v) is 2.15. The van der Waals surface area contributed by atoms with E-state index in [0.717, 1.165) is 12.8 Å². The summed E-state index contributed by atoms with van der Waals surface area (Å²) in [5.74, 6) is 0.0299. The molecule has 0 aliphatic heterocycles. The molecule has 3 atom stereocenters. The lowest BCUT2D eigenvalue weighted by Gasteiger charge is -2.13. The van der Waals surface area contributed by atoms with Crippen molar-refractivity contribution in [3.05, 3.63) is 0 Å². The van der Waals surface area contributed by atoms with Crippen molar-refractivity contribution in [1.29, 1.82) is 0 Å². The number of rotatable bonds is 2. The molecule has 0 saturated heterocycles. The zero-order chi connectivity index (χ0) is 10.0. The van der Waals surface area contributed by atoms with Crippen LogP contribution in [0.1, 0.15) is 26.7 Å². The lowest BCUT2D eigenvalue weighted by Crippen LogP contribution is -2.24. The molecule has 3 heteroatoms. The van der Waals surface area contributed by atoms with E-state index in [1.54, 1.807) is 6.92 Å². The molecule has 1 rings (SSSR count). The zero-order valence-corrected chi connectivity index (χ0v) is 8.37. The topological polar surface area (TPSA) is 43.4 Å². The van der Waals surface area contributed by atoms with Crippen LogP contribution in [0.5, 0.6) is 0 Å². The SMILES string of the molecule is COC(=O)C1CC(C)CC1C(C)=O. The molecule has 1 fully saturated rings. The quantitative estimate of drug-likeness (QED) is 0.609. The average molecular weight is 184 g/mol. The van der Waals surface area contributed by atoms with E-state index in [1.807, 2.05) is 0 Å². The van der Waals surface area contributed by atoms with Crippen LogP contribution in [0.25, 0.3) is 0 Å². The van der Waals surface area contributed by atoms with Crippen LogP contribution in [0.3, 0.4) is 0 Å². The van der Waals surface area contributed by atoms with E-state index in [1.165, 1.54) is 7.11 Å². The number of hydrogen-bond donors (Lipinski definition) is 0. The molecule has 0 amide bonds. The third-order valence-electron chi connectivity index (χ3n) is 2.82. The summed E-state index contributed by atoms with van der Waals surface area (Å²) in [5, 5.41) is 0. The van der Waals surface area contributed by atoms with Gasteiger partial charge in [-0.3, -0.25) is 9.59 Å². The Morgan fingerprint density at radius 3 is 2.23 bits per heavy atom. The van der Waals surface area contributed by atoms with Crippen molar-refractivity contribution in [2.75, 3.05) is 7.11 Å². The molecule has 0 radical (unpaired) electrons. The zero-order valence-electron chi connectivity index (χ0n) is 8.37. The molecule has 3 unspecified atom stereocenters. The fourth-order valence-electron chi connectivity index (χ4n) is 2.15. The summed E-state index contributed by atoms with van der Waals surface area (Å²) >= 11 is 0. The first-order valence-corrected chi connectivity index (χ1v) is 4.64. The Morgan fingerprint density at radius 2 is 1.77 bits per heavy atom. The molecular weight excluding hydrogens is 168 g/mol. The predicted octanol–water partition coefficient (Wildman–Crippen LogP) is 1.41. The summed E-state index contributed by atoms with van der Waals surface area (Å²) < 4.78 is 4.67. The molecule has 1 aliphatic rings. The highest BCUT2D eigenvalue weighted by Crippen LogP contribution is 2.37. The van der Waals surface area contributed by atoms with E-state index < -0.39 is 0 Å². The number of ketones is 1. The lowest BCUT2D eigenvalue weighted by molar-refractivity contribution is -0.148. The first kappa shape index (κ1) is 10.2. The number of carbonyl (C=O) groups is 2. The maximum Gasteiger partial charge on any atom is 0.309 e. The van der Waals surface area contributed by atoms with Crippen LogP contribution in [0.2, 0.25) is 0 Å². The third kappa shape index (κ3) is 2.08. The number of carbonyl (C=O) groups excluding carboxylic acids is 2. The van der Waals surface area contributed by atoms with Crippen molar-refractivity contribution >= 4 is 11.8 Å². The molecule has 0 aromatic rings. The van der Waals surface area contributed by atoms with Crippen molar-refractivity contribution in [2.24, 2.45) is 17.8 Å². The summed E-state index contributed by atoms with van der Waals surface area (Å²) in [6.45, 7) is 3.62. The van der Waals surface area contributed by atoms with Crippen molar-refractivity contribution in [2.45, 2.75) is 26.7 Å². The van der Waals surface area contributed by atoms with Crippen LogP contribution in [-0.2, 0) is 14.3 Å². The summed E-state index contributed by atoms with van der Waals surface area (Å²) in [5.41, 5.74) is 0. The van der Waals surface area contributed by atoms with Gasteiger partial charge in [0.1, 0.15) is 5.78 Å². The normalized spacial score (nSPS) is 33.0. The monoisotopic (exact) mass is 184 g/mol. The molecule has 0 heterocycles. The van der Waals surface area contributed by atoms with E-state index >= 15 is 0 Å². The van der Waals surface area contributed by atoms with Gasteiger partial charge in [-0.05, 0) is 25.7 Å². The van der Waals surface area contributed by atoms with Crippen molar-refractivity contribution < 1.29 is 14.3 Å². The second kappa shape index (κ2) is 3.90. The minimum Gasteiger partial charge on any atom is -0.469 e. The Labute approximate surface area is 78.5 Å². The van der Waals surface area contributed by atoms with E-state index in [-0.39, 0.29) is 23.6 Å². The Bertz CT molecular complexity index is 222. The summed E-state index contributed by atoms with van der Waals surface area (Å²) in [6, 6.07) is 0. The molecular formula is C10H16O3. The van der Waals surface area contributed by atoms with E-state index in [4.69, 9.17) is 0 Å². The summed E-state index contributed by atoms with van der Waals surface area (Å²) in [4.78, 5) is 22.5. The first-order valence-electron chi connectivity index (χ1n) is 4.64. The second-order valence-electron chi connectivity index (χ2n) is 3.92. The highest BCUT2D eigenvalue weighted by atomic mass is 16.5. The average Bonchev–Trinajstić information content (AvgIpc) is 2.46. The Hall–Kier alpha value is -0.860. The van der Waals surface area contributed by atoms with Gasteiger partial charge in [0.2, 0.25) is 0 Å². The standard InChI is InChI=1S/C10H16O3/c1-6-4-8(7(2)11)9(5-6)10(12)13-3/h6,8-9H,4-5H2,1-3H3. The van der Waals surface area contributed by atoms with Gasteiger partial charge in [0.15, 0.2) is 0 Å². The van der Waals surface area contributed by atoms with Crippen LogP contribution in [-0.4, -0.2) is 18.9 Å². The van der Waals surface area contributed by atoms with Crippen LogP contribution in [0.4, 0.5) is 0 Å². The highest BCUT2D eigenvalue weighted by Gasteiger charge is 2.39. The van der Waals surface area contributed by atoms with Crippen LogP contribution in [0, 0.1) is 17.8 Å². The van der Waals surface area contributed by atoms with Gasteiger partial charge in [0, 0.05) is 5.92 Å². The summed E-state index contributed by atoms with van der Waals surface area (Å²) in [7, 11) is 1.38. The predicted molar refractivity (Wildman–Crippen MR) is 48.1 cm³/mol. The van der Waals surface area contributed by atoms with Crippen LogP contribution < -0.4 is 0 Å². The van der Waals surface area contributed by atoms with Gasteiger partial charge in [-0.15, -0.1) is 0 Å². The largest absolute Gasteiger partial charge is 0.469 e. The molecule has 0 aromatic heterocycles. The molecule has 3 nitrogen and oxygen atoms in total. The Morgan fingerprint density at radius 1 is 1.23 bits per heavy atom. The molecule has 0 N–H and O–H groups in total. The van der Waals surface area contributed by atoms with E-state index in [9.17, 15) is 9.59 Å². The summed E-state index contributed by atoms with van der Waals surface area (Å²) in [6.07, 6.45) is 1.62. The number of hydrogen-bond acceptors (Lipinski definition) is 3. The van der Waals surface area contributed by atoms with Crippen molar-refractivity contribution in [3.8, 4) is 0 Å². The molecule has 74 valence electrons. The van der Waals surface area contributed by atoms with Gasteiger partial charge in [-0.1, -0.05) is 6.92 Å². The van der Waals surface area contributed by atoms with E-state index in [2.05, 4.69) is 11.7 Å². The molecule has 0 aromatic carbocycles. The fraction of sp³-hybridized carbons (Fsp3) is 0.800. The maximum absolute atomic E-state index is 11.3. The third-order valence-corrected chi connectivity index (χ3v) is 2.82. The number of methoxy groups -OCH3 is 1.